The van der Waals surface area contributed by atoms with E-state index in [0.717, 1.165) is 0 Å². The van der Waals surface area contributed by atoms with Gasteiger partial charge in [-0.05, 0) is 42.5 Å². The Labute approximate surface area is 118 Å². The van der Waals surface area contributed by atoms with Crippen LogP contribution in [-0.4, -0.2) is 18.2 Å². The molecule has 0 unspecified atom stereocenters. The van der Waals surface area contributed by atoms with Gasteiger partial charge in [0.15, 0.2) is 0 Å². The second-order valence-corrected chi connectivity index (χ2v) is 4.64. The molecule has 0 aliphatic carbocycles. The number of hydrogen-bond donors (Lipinski definition) is 1. The van der Waals surface area contributed by atoms with Crippen molar-refractivity contribution in [1.29, 1.82) is 0 Å². The van der Waals surface area contributed by atoms with Gasteiger partial charge in [-0.2, -0.15) is 0 Å². The van der Waals surface area contributed by atoms with Crippen LogP contribution in [0.4, 0.5) is 0 Å². The van der Waals surface area contributed by atoms with E-state index in [-0.39, 0.29) is 5.56 Å². The topological polar surface area (TPSA) is 55.8 Å². The second-order valence-electron chi connectivity index (χ2n) is 3.72. The van der Waals surface area contributed by atoms with Gasteiger partial charge in [-0.3, -0.25) is 0 Å². The molecule has 0 aliphatic heterocycles. The third kappa shape index (κ3) is 3.26. The number of carbonyl (C=O) groups is 1. The molecule has 0 bridgehead atoms. The maximum absolute atomic E-state index is 11.1. The van der Waals surface area contributed by atoms with Crippen molar-refractivity contribution in [3.05, 3.63) is 52.5 Å². The van der Waals surface area contributed by atoms with E-state index < -0.39 is 5.97 Å². The van der Waals surface area contributed by atoms with Crippen LogP contribution in [0.1, 0.15) is 10.4 Å². The Morgan fingerprint density at radius 3 is 2.32 bits per heavy atom. The van der Waals surface area contributed by atoms with Crippen LogP contribution in [-0.2, 0) is 0 Å². The molecule has 2 aromatic carbocycles. The van der Waals surface area contributed by atoms with Crippen LogP contribution in [0.25, 0.3) is 0 Å². The normalized spacial score (nSPS) is 10.0. The first kappa shape index (κ1) is 13.4. The maximum Gasteiger partial charge on any atom is 0.339 e. The fourth-order valence-corrected chi connectivity index (χ4v) is 1.89. The molecule has 0 heterocycles. The predicted molar refractivity (Wildman–Crippen MR) is 74.2 cm³/mol. The van der Waals surface area contributed by atoms with Gasteiger partial charge in [-0.25, -0.2) is 4.79 Å². The second kappa shape index (κ2) is 5.75. The average Bonchev–Trinajstić information content (AvgIpc) is 2.41. The van der Waals surface area contributed by atoms with Gasteiger partial charge in [0.2, 0.25) is 0 Å². The van der Waals surface area contributed by atoms with E-state index in [9.17, 15) is 4.79 Å². The zero-order valence-corrected chi connectivity index (χ0v) is 11.7. The maximum atomic E-state index is 11.1. The van der Waals surface area contributed by atoms with E-state index in [1.54, 1.807) is 43.5 Å². The van der Waals surface area contributed by atoms with Gasteiger partial charge < -0.3 is 14.6 Å². The van der Waals surface area contributed by atoms with Crippen LogP contribution in [0, 0.1) is 0 Å². The molecule has 4 nitrogen and oxygen atoms in total. The van der Waals surface area contributed by atoms with Crippen LogP contribution < -0.4 is 9.47 Å². The van der Waals surface area contributed by atoms with E-state index in [4.69, 9.17) is 14.6 Å². The Morgan fingerprint density at radius 1 is 1.11 bits per heavy atom. The molecule has 0 spiro atoms. The summed E-state index contributed by atoms with van der Waals surface area (Å²) in [6.45, 7) is 0. The van der Waals surface area contributed by atoms with Gasteiger partial charge in [-0.15, -0.1) is 0 Å². The van der Waals surface area contributed by atoms with Crippen molar-refractivity contribution in [3.63, 3.8) is 0 Å². The zero-order valence-electron chi connectivity index (χ0n) is 10.1. The Kier molecular flexibility index (Phi) is 4.06. The van der Waals surface area contributed by atoms with Crippen molar-refractivity contribution >= 4 is 21.9 Å². The summed E-state index contributed by atoms with van der Waals surface area (Å²) in [5, 5.41) is 9.13. The smallest absolute Gasteiger partial charge is 0.339 e. The first-order valence-corrected chi connectivity index (χ1v) is 6.24. The first-order chi connectivity index (χ1) is 9.10. The van der Waals surface area contributed by atoms with Crippen LogP contribution in [0.15, 0.2) is 46.9 Å². The lowest BCUT2D eigenvalue weighted by molar-refractivity contribution is 0.0694. The lowest BCUT2D eigenvalue weighted by Crippen LogP contribution is -2.00. The highest BCUT2D eigenvalue weighted by atomic mass is 79.9. The molecule has 0 saturated carbocycles. The predicted octanol–water partition coefficient (Wildman–Crippen LogP) is 3.95. The van der Waals surface area contributed by atoms with Crippen LogP contribution in [0.3, 0.4) is 0 Å². The summed E-state index contributed by atoms with van der Waals surface area (Å²) in [7, 11) is 1.58. The Hall–Kier alpha value is -2.01. The molecular formula is C14H11BrO4. The highest BCUT2D eigenvalue weighted by Crippen LogP contribution is 2.29. The molecule has 0 fully saturated rings. The summed E-state index contributed by atoms with van der Waals surface area (Å²) in [6.07, 6.45) is 0. The van der Waals surface area contributed by atoms with Gasteiger partial charge in [0.05, 0.1) is 7.11 Å². The standard InChI is InChI=1S/C14H11BrO4/c1-18-10-3-5-11(6-4-10)19-13-7-2-9(15)8-12(13)14(16)17/h2-8H,1H3,(H,16,17). The number of carboxylic acids is 1. The molecule has 19 heavy (non-hydrogen) atoms. The van der Waals surface area contributed by atoms with Crippen LogP contribution in [0.2, 0.25) is 0 Å². The number of ether oxygens (including phenoxy) is 2. The molecule has 2 aromatic rings. The molecule has 98 valence electrons. The third-order valence-corrected chi connectivity index (χ3v) is 2.95. The fourth-order valence-electron chi connectivity index (χ4n) is 1.53. The molecule has 0 aromatic heterocycles. The average molecular weight is 323 g/mol. The van der Waals surface area contributed by atoms with E-state index in [1.807, 2.05) is 0 Å². The molecule has 1 N–H and O–H groups in total. The fraction of sp³-hybridized carbons (Fsp3) is 0.0714. The Bertz CT molecular complexity index is 593. The minimum atomic E-state index is -1.04. The number of aromatic carboxylic acids is 1. The SMILES string of the molecule is COc1ccc(Oc2ccc(Br)cc2C(=O)O)cc1. The molecule has 0 saturated heterocycles. The van der Waals surface area contributed by atoms with Gasteiger partial charge in [0, 0.05) is 4.47 Å². The molecule has 5 heteroatoms. The largest absolute Gasteiger partial charge is 0.497 e. The number of halogens is 1. The number of rotatable bonds is 4. The number of hydrogen-bond acceptors (Lipinski definition) is 3. The molecular weight excluding hydrogens is 312 g/mol. The van der Waals surface area contributed by atoms with Crippen molar-refractivity contribution < 1.29 is 19.4 Å². The molecule has 0 aliphatic rings. The van der Waals surface area contributed by atoms with Crippen molar-refractivity contribution in [2.45, 2.75) is 0 Å². The van der Waals surface area contributed by atoms with Crippen molar-refractivity contribution in [1.82, 2.24) is 0 Å². The number of methoxy groups -OCH3 is 1. The van der Waals surface area contributed by atoms with E-state index in [1.165, 1.54) is 6.07 Å². The minimum Gasteiger partial charge on any atom is -0.497 e. The van der Waals surface area contributed by atoms with E-state index in [2.05, 4.69) is 15.9 Å². The summed E-state index contributed by atoms with van der Waals surface area (Å²) in [6, 6.07) is 11.8. The molecule has 0 atom stereocenters. The number of benzene rings is 2. The molecule has 2 rings (SSSR count). The van der Waals surface area contributed by atoms with Crippen molar-refractivity contribution in [2.24, 2.45) is 0 Å². The van der Waals surface area contributed by atoms with Crippen LogP contribution in [0.5, 0.6) is 17.2 Å². The third-order valence-electron chi connectivity index (χ3n) is 2.46. The van der Waals surface area contributed by atoms with E-state index >= 15 is 0 Å². The summed E-state index contributed by atoms with van der Waals surface area (Å²) in [5.74, 6) is 0.512. The monoisotopic (exact) mass is 322 g/mol. The van der Waals surface area contributed by atoms with Crippen molar-refractivity contribution in [3.8, 4) is 17.2 Å². The summed E-state index contributed by atoms with van der Waals surface area (Å²) < 4.78 is 11.3. The summed E-state index contributed by atoms with van der Waals surface area (Å²) in [4.78, 5) is 11.1. The van der Waals surface area contributed by atoms with Gasteiger partial charge in [-0.1, -0.05) is 15.9 Å². The summed E-state index contributed by atoms with van der Waals surface area (Å²) in [5.41, 5.74) is 0.102. The van der Waals surface area contributed by atoms with Gasteiger partial charge in [0.1, 0.15) is 22.8 Å². The quantitative estimate of drug-likeness (QED) is 0.926. The zero-order chi connectivity index (χ0) is 13.8. The Balaban J connectivity index is 2.29. The van der Waals surface area contributed by atoms with Crippen LogP contribution >= 0.6 is 15.9 Å². The minimum absolute atomic E-state index is 0.102. The first-order valence-electron chi connectivity index (χ1n) is 5.45. The van der Waals surface area contributed by atoms with E-state index in [0.29, 0.717) is 21.7 Å². The molecule has 0 amide bonds. The van der Waals surface area contributed by atoms with Gasteiger partial charge in [0.25, 0.3) is 0 Å². The van der Waals surface area contributed by atoms with Gasteiger partial charge >= 0.3 is 5.97 Å². The lowest BCUT2D eigenvalue weighted by Gasteiger charge is -2.09. The van der Waals surface area contributed by atoms with Crippen molar-refractivity contribution in [2.75, 3.05) is 7.11 Å². The summed E-state index contributed by atoms with van der Waals surface area (Å²) >= 11 is 3.23. The number of carboxylic acid groups (broad SMARTS) is 1. The molecule has 0 radical (unpaired) electrons. The highest BCUT2D eigenvalue weighted by molar-refractivity contribution is 9.10. The Morgan fingerprint density at radius 2 is 1.74 bits per heavy atom. The lowest BCUT2D eigenvalue weighted by atomic mass is 10.2. The highest BCUT2D eigenvalue weighted by Gasteiger charge is 2.12.